The topological polar surface area (TPSA) is 58.6 Å². The van der Waals surface area contributed by atoms with Crippen LogP contribution >= 0.6 is 24.0 Å². The number of hydrogen-bond donors (Lipinski definition) is 1. The van der Waals surface area contributed by atoms with E-state index in [1.54, 1.807) is 13.3 Å². The molecule has 22 heavy (non-hydrogen) atoms. The summed E-state index contributed by atoms with van der Waals surface area (Å²) in [6, 6.07) is 3.85. The van der Waals surface area contributed by atoms with Crippen LogP contribution in [0.2, 0.25) is 0 Å². The second-order valence-electron chi connectivity index (χ2n) is 5.11. The van der Waals surface area contributed by atoms with Gasteiger partial charge in [-0.25, -0.2) is 0 Å². The Labute approximate surface area is 148 Å². The Morgan fingerprint density at radius 2 is 2.18 bits per heavy atom. The molecule has 0 aliphatic carbocycles. The van der Waals surface area contributed by atoms with Gasteiger partial charge in [0.05, 0.1) is 18.5 Å². The number of aryl methyl sites for hydroxylation is 2. The van der Waals surface area contributed by atoms with E-state index >= 15 is 0 Å². The van der Waals surface area contributed by atoms with Crippen LogP contribution in [0.5, 0.6) is 0 Å². The van der Waals surface area contributed by atoms with Crippen molar-refractivity contribution in [1.82, 2.24) is 20.0 Å². The predicted molar refractivity (Wildman–Crippen MR) is 98.5 cm³/mol. The Hall–Kier alpha value is -1.51. The normalized spacial score (nSPS) is 11.2. The van der Waals surface area contributed by atoms with Gasteiger partial charge in [0, 0.05) is 38.9 Å². The minimum atomic E-state index is 0. The van der Waals surface area contributed by atoms with Gasteiger partial charge in [0.25, 0.3) is 0 Å². The maximum atomic E-state index is 5.37. The number of guanidine groups is 1. The van der Waals surface area contributed by atoms with E-state index in [2.05, 4.69) is 22.3 Å². The first-order chi connectivity index (χ1) is 10.0. The molecule has 1 N–H and O–H groups in total. The zero-order valence-corrected chi connectivity index (χ0v) is 16.1. The summed E-state index contributed by atoms with van der Waals surface area (Å²) in [7, 11) is 5.73. The van der Waals surface area contributed by atoms with Crippen molar-refractivity contribution in [3.05, 3.63) is 41.1 Å². The Morgan fingerprint density at radius 1 is 1.45 bits per heavy atom. The number of nitrogens with one attached hydrogen (secondary N) is 1. The lowest BCUT2D eigenvalue weighted by Crippen LogP contribution is -2.38. The van der Waals surface area contributed by atoms with Crippen molar-refractivity contribution in [2.45, 2.75) is 26.9 Å². The van der Waals surface area contributed by atoms with Gasteiger partial charge < -0.3 is 14.6 Å². The molecule has 0 atom stereocenters. The van der Waals surface area contributed by atoms with E-state index in [4.69, 9.17) is 4.42 Å². The molecule has 6 nitrogen and oxygen atoms in total. The van der Waals surface area contributed by atoms with Crippen LogP contribution in [0.4, 0.5) is 0 Å². The van der Waals surface area contributed by atoms with Crippen LogP contribution < -0.4 is 5.32 Å². The van der Waals surface area contributed by atoms with Crippen LogP contribution in [-0.4, -0.2) is 34.7 Å². The highest BCUT2D eigenvalue weighted by molar-refractivity contribution is 14.0. The van der Waals surface area contributed by atoms with Crippen molar-refractivity contribution in [3.8, 4) is 0 Å². The monoisotopic (exact) mass is 417 g/mol. The van der Waals surface area contributed by atoms with Gasteiger partial charge in [-0.15, -0.1) is 24.0 Å². The molecule has 0 aliphatic heterocycles. The summed E-state index contributed by atoms with van der Waals surface area (Å²) in [5, 5.41) is 7.80. The molecular weight excluding hydrogens is 393 g/mol. The molecule has 7 heteroatoms. The fourth-order valence-electron chi connectivity index (χ4n) is 2.34. The van der Waals surface area contributed by atoms with E-state index in [9.17, 15) is 0 Å². The fraction of sp³-hybridized carbons (Fsp3) is 0.467. The highest BCUT2D eigenvalue weighted by Gasteiger charge is 2.12. The lowest BCUT2D eigenvalue weighted by atomic mass is 10.2. The molecule has 2 aromatic rings. The molecule has 2 heterocycles. The molecule has 0 saturated carbocycles. The van der Waals surface area contributed by atoms with Crippen molar-refractivity contribution in [3.63, 3.8) is 0 Å². The van der Waals surface area contributed by atoms with E-state index in [-0.39, 0.29) is 24.0 Å². The molecule has 2 rings (SSSR count). The van der Waals surface area contributed by atoms with Crippen LogP contribution in [-0.2, 0) is 20.1 Å². The van der Waals surface area contributed by atoms with E-state index < -0.39 is 0 Å². The molecular formula is C15H24IN5O. The van der Waals surface area contributed by atoms with E-state index in [0.29, 0.717) is 13.1 Å². The lowest BCUT2D eigenvalue weighted by molar-refractivity contribution is 0.400. The third-order valence-corrected chi connectivity index (χ3v) is 3.63. The maximum absolute atomic E-state index is 5.37. The Bertz CT molecular complexity index is 618. The second kappa shape index (κ2) is 8.21. The van der Waals surface area contributed by atoms with Gasteiger partial charge in [-0.3, -0.25) is 9.67 Å². The van der Waals surface area contributed by atoms with Gasteiger partial charge in [0.15, 0.2) is 5.96 Å². The minimum Gasteiger partial charge on any atom is -0.467 e. The standard InChI is InChI=1S/C15H23N5O.HI/c1-11-14(12(2)20(5)18-11)9-17-15(16-3)19(4)10-13-7-6-8-21-13;/h6-8H,9-10H2,1-5H3,(H,16,17);1H. The number of halogens is 1. The second-order valence-corrected chi connectivity index (χ2v) is 5.11. The first kappa shape index (κ1) is 18.5. The molecule has 0 unspecified atom stereocenters. The third kappa shape index (κ3) is 4.25. The molecule has 2 aromatic heterocycles. The largest absolute Gasteiger partial charge is 0.467 e. The summed E-state index contributed by atoms with van der Waals surface area (Å²) < 4.78 is 7.27. The highest BCUT2D eigenvalue weighted by Crippen LogP contribution is 2.11. The average Bonchev–Trinajstić information content (AvgIpc) is 3.02. The average molecular weight is 417 g/mol. The van der Waals surface area contributed by atoms with Crippen LogP contribution in [0.1, 0.15) is 22.7 Å². The van der Waals surface area contributed by atoms with Gasteiger partial charge in [-0.2, -0.15) is 5.10 Å². The number of rotatable bonds is 4. The first-order valence-electron chi connectivity index (χ1n) is 6.96. The van der Waals surface area contributed by atoms with Crippen LogP contribution in [0.25, 0.3) is 0 Å². The molecule has 0 saturated heterocycles. The van der Waals surface area contributed by atoms with Gasteiger partial charge in [-0.1, -0.05) is 0 Å². The first-order valence-corrected chi connectivity index (χ1v) is 6.96. The van der Waals surface area contributed by atoms with Crippen molar-refractivity contribution in [1.29, 1.82) is 0 Å². The molecule has 122 valence electrons. The number of aromatic nitrogens is 2. The SMILES string of the molecule is CN=C(NCc1c(C)nn(C)c1C)N(C)Cc1ccco1.I. The van der Waals surface area contributed by atoms with E-state index in [1.807, 2.05) is 42.7 Å². The van der Waals surface area contributed by atoms with Gasteiger partial charge >= 0.3 is 0 Å². The van der Waals surface area contributed by atoms with Crippen LogP contribution in [0.3, 0.4) is 0 Å². The van der Waals surface area contributed by atoms with Gasteiger partial charge in [0.1, 0.15) is 5.76 Å². The molecule has 0 amide bonds. The summed E-state index contributed by atoms with van der Waals surface area (Å²) >= 11 is 0. The maximum Gasteiger partial charge on any atom is 0.194 e. The number of aliphatic imine (C=N–C) groups is 1. The molecule has 0 aliphatic rings. The summed E-state index contributed by atoms with van der Waals surface area (Å²) in [4.78, 5) is 6.34. The van der Waals surface area contributed by atoms with Gasteiger partial charge in [0.2, 0.25) is 0 Å². The Balaban J connectivity index is 0.00000242. The third-order valence-electron chi connectivity index (χ3n) is 3.63. The van der Waals surface area contributed by atoms with Gasteiger partial charge in [-0.05, 0) is 26.0 Å². The number of hydrogen-bond acceptors (Lipinski definition) is 3. The Kier molecular flexibility index (Phi) is 6.92. The van der Waals surface area contributed by atoms with Crippen molar-refractivity contribution < 1.29 is 4.42 Å². The zero-order valence-electron chi connectivity index (χ0n) is 13.8. The number of nitrogens with zero attached hydrogens (tertiary/aromatic N) is 4. The van der Waals surface area contributed by atoms with Crippen LogP contribution in [0.15, 0.2) is 27.8 Å². The fourth-order valence-corrected chi connectivity index (χ4v) is 2.34. The van der Waals surface area contributed by atoms with Crippen molar-refractivity contribution in [2.24, 2.45) is 12.0 Å². The quantitative estimate of drug-likeness (QED) is 0.472. The summed E-state index contributed by atoms with van der Waals surface area (Å²) in [5.41, 5.74) is 3.43. The summed E-state index contributed by atoms with van der Waals surface area (Å²) in [5.74, 6) is 1.74. The van der Waals surface area contributed by atoms with Crippen LogP contribution in [0, 0.1) is 13.8 Å². The molecule has 0 fully saturated rings. The molecule has 0 spiro atoms. The predicted octanol–water partition coefficient (Wildman–Crippen LogP) is 2.46. The molecule has 0 aromatic carbocycles. The van der Waals surface area contributed by atoms with Crippen molar-refractivity contribution in [2.75, 3.05) is 14.1 Å². The minimum absolute atomic E-state index is 0. The smallest absolute Gasteiger partial charge is 0.194 e. The lowest BCUT2D eigenvalue weighted by Gasteiger charge is -2.21. The summed E-state index contributed by atoms with van der Waals surface area (Å²) in [6.07, 6.45) is 1.68. The number of furan rings is 1. The van der Waals surface area contributed by atoms with E-state index in [0.717, 1.165) is 17.4 Å². The molecule has 0 bridgehead atoms. The zero-order chi connectivity index (χ0) is 15.4. The summed E-state index contributed by atoms with van der Waals surface area (Å²) in [6.45, 7) is 5.49. The van der Waals surface area contributed by atoms with E-state index in [1.165, 1.54) is 11.3 Å². The van der Waals surface area contributed by atoms with Crippen molar-refractivity contribution >= 4 is 29.9 Å². The highest BCUT2D eigenvalue weighted by atomic mass is 127. The Morgan fingerprint density at radius 3 is 2.68 bits per heavy atom. The molecule has 0 radical (unpaired) electrons.